The summed E-state index contributed by atoms with van der Waals surface area (Å²) < 4.78 is 0.884. The van der Waals surface area contributed by atoms with Gasteiger partial charge in [0.05, 0.1) is 11.2 Å². The van der Waals surface area contributed by atoms with Crippen LogP contribution in [-0.4, -0.2) is 9.97 Å². The molecule has 0 atom stereocenters. The lowest BCUT2D eigenvalue weighted by atomic mass is 10.1. The Kier molecular flexibility index (Phi) is 3.12. The maximum absolute atomic E-state index is 11.7. The SMILES string of the molecule is O=c1nc(-c2ccccc2Br)c2cc(Cl)ccc2[nH]1. The van der Waals surface area contributed by atoms with Crippen LogP contribution in [0.15, 0.2) is 51.7 Å². The van der Waals surface area contributed by atoms with Gasteiger partial charge in [-0.25, -0.2) is 4.79 Å². The molecule has 0 amide bonds. The van der Waals surface area contributed by atoms with Crippen molar-refractivity contribution in [1.29, 1.82) is 0 Å². The van der Waals surface area contributed by atoms with E-state index >= 15 is 0 Å². The maximum atomic E-state index is 11.7. The van der Waals surface area contributed by atoms with Gasteiger partial charge in [-0.15, -0.1) is 0 Å². The fourth-order valence-electron chi connectivity index (χ4n) is 1.98. The Labute approximate surface area is 122 Å². The lowest BCUT2D eigenvalue weighted by molar-refractivity contribution is 1.12. The molecule has 1 N–H and O–H groups in total. The van der Waals surface area contributed by atoms with E-state index in [4.69, 9.17) is 11.6 Å². The second-order valence-electron chi connectivity index (χ2n) is 4.06. The molecule has 5 heteroatoms. The minimum absolute atomic E-state index is 0.374. The molecule has 1 aromatic heterocycles. The predicted octanol–water partition coefficient (Wildman–Crippen LogP) is 4.01. The van der Waals surface area contributed by atoms with Crippen molar-refractivity contribution in [3.05, 3.63) is 62.4 Å². The average molecular weight is 336 g/mol. The number of aromatic nitrogens is 2. The zero-order valence-electron chi connectivity index (χ0n) is 9.65. The normalized spacial score (nSPS) is 10.8. The molecular formula is C14H8BrClN2O. The van der Waals surface area contributed by atoms with Crippen molar-refractivity contribution in [2.75, 3.05) is 0 Å². The molecule has 0 spiro atoms. The zero-order chi connectivity index (χ0) is 13.4. The molecule has 94 valence electrons. The van der Waals surface area contributed by atoms with E-state index in [-0.39, 0.29) is 5.69 Å². The number of H-pyrrole nitrogens is 1. The Morgan fingerprint density at radius 3 is 2.74 bits per heavy atom. The summed E-state index contributed by atoms with van der Waals surface area (Å²) in [5.41, 5.74) is 1.82. The third-order valence-corrected chi connectivity index (χ3v) is 3.75. The molecule has 3 aromatic rings. The van der Waals surface area contributed by atoms with E-state index in [0.29, 0.717) is 10.7 Å². The molecule has 3 nitrogen and oxygen atoms in total. The number of nitrogens with one attached hydrogen (secondary N) is 1. The molecule has 0 unspecified atom stereocenters. The summed E-state index contributed by atoms with van der Waals surface area (Å²) >= 11 is 9.50. The van der Waals surface area contributed by atoms with E-state index in [2.05, 4.69) is 25.9 Å². The first kappa shape index (κ1) is 12.4. The van der Waals surface area contributed by atoms with Crippen molar-refractivity contribution < 1.29 is 0 Å². The Bertz CT molecular complexity index is 829. The number of benzene rings is 2. The van der Waals surface area contributed by atoms with Gasteiger partial charge in [0.1, 0.15) is 0 Å². The van der Waals surface area contributed by atoms with Crippen molar-refractivity contribution in [1.82, 2.24) is 9.97 Å². The van der Waals surface area contributed by atoms with E-state index in [0.717, 1.165) is 20.9 Å². The van der Waals surface area contributed by atoms with Crippen LogP contribution in [-0.2, 0) is 0 Å². The number of rotatable bonds is 1. The van der Waals surface area contributed by atoms with Crippen LogP contribution in [0.3, 0.4) is 0 Å². The summed E-state index contributed by atoms with van der Waals surface area (Å²) in [5, 5.41) is 1.42. The molecule has 0 aliphatic rings. The van der Waals surface area contributed by atoms with Crippen LogP contribution in [0, 0.1) is 0 Å². The van der Waals surface area contributed by atoms with Crippen LogP contribution >= 0.6 is 27.5 Å². The van der Waals surface area contributed by atoms with Gasteiger partial charge in [0.25, 0.3) is 0 Å². The zero-order valence-corrected chi connectivity index (χ0v) is 12.0. The minimum Gasteiger partial charge on any atom is -0.305 e. The summed E-state index contributed by atoms with van der Waals surface area (Å²) in [6.45, 7) is 0. The molecule has 0 fully saturated rings. The van der Waals surface area contributed by atoms with E-state index in [1.165, 1.54) is 0 Å². The molecule has 0 aliphatic carbocycles. The van der Waals surface area contributed by atoms with Gasteiger partial charge < -0.3 is 4.98 Å². The Balaban J connectivity index is 2.43. The highest BCUT2D eigenvalue weighted by atomic mass is 79.9. The highest BCUT2D eigenvalue weighted by molar-refractivity contribution is 9.10. The van der Waals surface area contributed by atoms with Crippen LogP contribution in [0.4, 0.5) is 0 Å². The summed E-state index contributed by atoms with van der Waals surface area (Å²) in [6, 6.07) is 13.0. The van der Waals surface area contributed by atoms with Gasteiger partial charge in [0, 0.05) is 20.4 Å². The second-order valence-corrected chi connectivity index (χ2v) is 5.35. The Hall–Kier alpha value is -1.65. The van der Waals surface area contributed by atoms with Gasteiger partial charge in [-0.1, -0.05) is 45.7 Å². The topological polar surface area (TPSA) is 45.8 Å². The first-order valence-electron chi connectivity index (χ1n) is 5.59. The van der Waals surface area contributed by atoms with Gasteiger partial charge in [0.15, 0.2) is 0 Å². The van der Waals surface area contributed by atoms with Gasteiger partial charge in [0.2, 0.25) is 0 Å². The Morgan fingerprint density at radius 2 is 1.95 bits per heavy atom. The third-order valence-electron chi connectivity index (χ3n) is 2.82. The molecule has 0 bridgehead atoms. The van der Waals surface area contributed by atoms with Crippen LogP contribution in [0.2, 0.25) is 5.02 Å². The van der Waals surface area contributed by atoms with E-state index < -0.39 is 0 Å². The maximum Gasteiger partial charge on any atom is 0.345 e. The molecule has 0 saturated carbocycles. The third kappa shape index (κ3) is 2.29. The summed E-state index contributed by atoms with van der Waals surface area (Å²) in [5.74, 6) is 0. The summed E-state index contributed by atoms with van der Waals surface area (Å²) in [6.07, 6.45) is 0. The van der Waals surface area contributed by atoms with Gasteiger partial charge >= 0.3 is 5.69 Å². The van der Waals surface area contributed by atoms with Gasteiger partial charge in [-0.3, -0.25) is 0 Å². The quantitative estimate of drug-likeness (QED) is 0.730. The summed E-state index contributed by atoms with van der Waals surface area (Å²) in [4.78, 5) is 18.4. The number of fused-ring (bicyclic) bond motifs is 1. The molecule has 19 heavy (non-hydrogen) atoms. The first-order chi connectivity index (χ1) is 9.15. The molecule has 0 saturated heterocycles. The van der Waals surface area contributed by atoms with Crippen LogP contribution < -0.4 is 5.69 Å². The number of nitrogens with zero attached hydrogens (tertiary/aromatic N) is 1. The second kappa shape index (κ2) is 4.79. The van der Waals surface area contributed by atoms with Crippen LogP contribution in [0.5, 0.6) is 0 Å². The van der Waals surface area contributed by atoms with E-state index in [9.17, 15) is 4.79 Å². The number of halogens is 2. The monoisotopic (exact) mass is 334 g/mol. The fraction of sp³-hybridized carbons (Fsp3) is 0. The molecule has 0 aliphatic heterocycles. The Morgan fingerprint density at radius 1 is 1.16 bits per heavy atom. The molecule has 2 aromatic carbocycles. The van der Waals surface area contributed by atoms with Crippen molar-refractivity contribution in [2.45, 2.75) is 0 Å². The number of hydrogen-bond acceptors (Lipinski definition) is 2. The van der Waals surface area contributed by atoms with E-state index in [1.54, 1.807) is 18.2 Å². The summed E-state index contributed by atoms with van der Waals surface area (Å²) in [7, 11) is 0. The highest BCUT2D eigenvalue weighted by Gasteiger charge is 2.10. The smallest absolute Gasteiger partial charge is 0.305 e. The average Bonchev–Trinajstić information content (AvgIpc) is 2.39. The lowest BCUT2D eigenvalue weighted by Gasteiger charge is -2.07. The van der Waals surface area contributed by atoms with Crippen molar-refractivity contribution in [3.8, 4) is 11.3 Å². The van der Waals surface area contributed by atoms with Gasteiger partial charge in [-0.2, -0.15) is 4.98 Å². The molecular weight excluding hydrogens is 328 g/mol. The number of hydrogen-bond donors (Lipinski definition) is 1. The van der Waals surface area contributed by atoms with Crippen molar-refractivity contribution >= 4 is 38.4 Å². The van der Waals surface area contributed by atoms with Crippen molar-refractivity contribution in [2.24, 2.45) is 0 Å². The van der Waals surface area contributed by atoms with Gasteiger partial charge in [-0.05, 0) is 24.3 Å². The number of aromatic amines is 1. The minimum atomic E-state index is -0.374. The first-order valence-corrected chi connectivity index (χ1v) is 6.77. The lowest BCUT2D eigenvalue weighted by Crippen LogP contribution is -2.11. The standard InChI is InChI=1S/C14H8BrClN2O/c15-11-4-2-1-3-9(11)13-10-7-8(16)5-6-12(10)17-14(19)18-13/h1-7H,(H,17,18,19). The van der Waals surface area contributed by atoms with Crippen molar-refractivity contribution in [3.63, 3.8) is 0 Å². The molecule has 1 heterocycles. The van der Waals surface area contributed by atoms with E-state index in [1.807, 2.05) is 24.3 Å². The van der Waals surface area contributed by atoms with Crippen LogP contribution in [0.1, 0.15) is 0 Å². The fourth-order valence-corrected chi connectivity index (χ4v) is 2.63. The van der Waals surface area contributed by atoms with Crippen LogP contribution in [0.25, 0.3) is 22.2 Å². The largest absolute Gasteiger partial charge is 0.345 e. The molecule has 0 radical (unpaired) electrons. The highest BCUT2D eigenvalue weighted by Crippen LogP contribution is 2.31. The predicted molar refractivity (Wildman–Crippen MR) is 80.5 cm³/mol. The molecule has 3 rings (SSSR count).